The molecular weight excluding hydrogens is 224 g/mol. The molecule has 0 radical (unpaired) electrons. The van der Waals surface area contributed by atoms with Crippen LogP contribution >= 0.6 is 0 Å². The fraction of sp³-hybridized carbons (Fsp3) is 0.467. The van der Waals surface area contributed by atoms with Crippen LogP contribution in [0.2, 0.25) is 0 Å². The van der Waals surface area contributed by atoms with Gasteiger partial charge in [-0.15, -0.1) is 0 Å². The van der Waals surface area contributed by atoms with Crippen LogP contribution in [0.5, 0.6) is 5.88 Å². The minimum absolute atomic E-state index is 0.117. The van der Waals surface area contributed by atoms with Crippen LogP contribution in [-0.4, -0.2) is 16.6 Å². The maximum Gasteiger partial charge on any atom is 0.224 e. The van der Waals surface area contributed by atoms with Crippen LogP contribution in [-0.2, 0) is 5.41 Å². The highest BCUT2D eigenvalue weighted by molar-refractivity contribution is 5.84. The lowest BCUT2D eigenvalue weighted by atomic mass is 9.86. The van der Waals surface area contributed by atoms with Crippen molar-refractivity contribution in [3.8, 4) is 5.88 Å². The molecule has 0 bridgehead atoms. The van der Waals surface area contributed by atoms with Crippen molar-refractivity contribution < 1.29 is 4.74 Å². The second-order valence-electron chi connectivity index (χ2n) is 5.51. The van der Waals surface area contributed by atoms with Crippen LogP contribution in [0.25, 0.3) is 10.9 Å². The summed E-state index contributed by atoms with van der Waals surface area (Å²) < 4.78 is 5.68. The van der Waals surface area contributed by atoms with Crippen LogP contribution in [0.4, 0.5) is 0 Å². The fourth-order valence-electron chi connectivity index (χ4n) is 1.81. The Labute approximate surface area is 108 Å². The summed E-state index contributed by atoms with van der Waals surface area (Å²) in [6.07, 6.45) is 2.54. The van der Waals surface area contributed by atoms with Gasteiger partial charge in [0.1, 0.15) is 6.33 Å². The minimum atomic E-state index is 0.117. The van der Waals surface area contributed by atoms with E-state index in [0.717, 1.165) is 17.3 Å². The summed E-state index contributed by atoms with van der Waals surface area (Å²) in [6.45, 7) is 9.37. The predicted octanol–water partition coefficient (Wildman–Crippen LogP) is 3.72. The van der Waals surface area contributed by atoms with E-state index in [1.807, 2.05) is 6.07 Å². The van der Waals surface area contributed by atoms with Gasteiger partial charge in [0.05, 0.1) is 17.5 Å². The molecule has 3 heteroatoms. The smallest absolute Gasteiger partial charge is 0.224 e. The standard InChI is InChI=1S/C15H20N2O/c1-5-8-18-14-12-9-11(15(2,3)4)6-7-13(12)16-10-17-14/h6-7,9-10H,5,8H2,1-4H3. The molecule has 3 nitrogen and oxygen atoms in total. The van der Waals surface area contributed by atoms with Crippen LogP contribution in [0, 0.1) is 0 Å². The molecule has 96 valence electrons. The van der Waals surface area contributed by atoms with Crippen molar-refractivity contribution >= 4 is 10.9 Å². The van der Waals surface area contributed by atoms with Crippen molar-refractivity contribution in [2.24, 2.45) is 0 Å². The van der Waals surface area contributed by atoms with Gasteiger partial charge in [0.25, 0.3) is 0 Å². The Bertz CT molecular complexity index is 544. The third-order valence-electron chi connectivity index (χ3n) is 2.91. The molecular formula is C15H20N2O. The van der Waals surface area contributed by atoms with Crippen molar-refractivity contribution in [3.05, 3.63) is 30.1 Å². The van der Waals surface area contributed by atoms with Crippen molar-refractivity contribution in [1.82, 2.24) is 9.97 Å². The number of benzene rings is 1. The highest BCUT2D eigenvalue weighted by atomic mass is 16.5. The Morgan fingerprint density at radius 3 is 2.61 bits per heavy atom. The zero-order valence-corrected chi connectivity index (χ0v) is 11.5. The third kappa shape index (κ3) is 2.61. The van der Waals surface area contributed by atoms with E-state index in [2.05, 4.69) is 49.8 Å². The molecule has 0 saturated heterocycles. The number of fused-ring (bicyclic) bond motifs is 1. The summed E-state index contributed by atoms with van der Waals surface area (Å²) in [5.74, 6) is 0.688. The van der Waals surface area contributed by atoms with Gasteiger partial charge < -0.3 is 4.74 Å². The first kappa shape index (κ1) is 12.8. The van der Waals surface area contributed by atoms with Gasteiger partial charge in [0, 0.05) is 0 Å². The average molecular weight is 244 g/mol. The number of hydrogen-bond donors (Lipinski definition) is 0. The van der Waals surface area contributed by atoms with E-state index >= 15 is 0 Å². The average Bonchev–Trinajstić information content (AvgIpc) is 2.34. The first-order valence-electron chi connectivity index (χ1n) is 6.40. The largest absolute Gasteiger partial charge is 0.477 e. The summed E-state index contributed by atoms with van der Waals surface area (Å²) >= 11 is 0. The molecule has 2 rings (SSSR count). The molecule has 18 heavy (non-hydrogen) atoms. The zero-order chi connectivity index (χ0) is 13.2. The highest BCUT2D eigenvalue weighted by Gasteiger charge is 2.15. The Morgan fingerprint density at radius 1 is 1.17 bits per heavy atom. The van der Waals surface area contributed by atoms with Crippen molar-refractivity contribution in [1.29, 1.82) is 0 Å². The molecule has 0 spiro atoms. The van der Waals surface area contributed by atoms with E-state index in [9.17, 15) is 0 Å². The van der Waals surface area contributed by atoms with Crippen molar-refractivity contribution in [2.75, 3.05) is 6.61 Å². The molecule has 0 unspecified atom stereocenters. The molecule has 0 saturated carbocycles. The molecule has 1 aromatic heterocycles. The number of aromatic nitrogens is 2. The zero-order valence-electron chi connectivity index (χ0n) is 11.5. The topological polar surface area (TPSA) is 35.0 Å². The maximum atomic E-state index is 5.68. The number of hydrogen-bond acceptors (Lipinski definition) is 3. The Kier molecular flexibility index (Phi) is 3.50. The quantitative estimate of drug-likeness (QED) is 0.825. The van der Waals surface area contributed by atoms with Crippen molar-refractivity contribution in [3.63, 3.8) is 0 Å². The van der Waals surface area contributed by atoms with Crippen LogP contribution in [0.3, 0.4) is 0 Å². The van der Waals surface area contributed by atoms with Gasteiger partial charge in [-0.2, -0.15) is 0 Å². The highest BCUT2D eigenvalue weighted by Crippen LogP contribution is 2.28. The lowest BCUT2D eigenvalue weighted by Crippen LogP contribution is -2.11. The first-order chi connectivity index (χ1) is 8.52. The maximum absolute atomic E-state index is 5.68. The van der Waals surface area contributed by atoms with Gasteiger partial charge in [-0.05, 0) is 29.5 Å². The minimum Gasteiger partial charge on any atom is -0.477 e. The summed E-state index contributed by atoms with van der Waals surface area (Å²) in [6, 6.07) is 6.30. The van der Waals surface area contributed by atoms with E-state index in [1.54, 1.807) is 6.33 Å². The van der Waals surface area contributed by atoms with E-state index in [4.69, 9.17) is 4.74 Å². The van der Waals surface area contributed by atoms with Gasteiger partial charge in [-0.1, -0.05) is 33.8 Å². The monoisotopic (exact) mass is 244 g/mol. The predicted molar refractivity (Wildman–Crippen MR) is 74.0 cm³/mol. The molecule has 0 aliphatic rings. The van der Waals surface area contributed by atoms with Crippen LogP contribution in [0.15, 0.2) is 24.5 Å². The fourth-order valence-corrected chi connectivity index (χ4v) is 1.81. The van der Waals surface area contributed by atoms with E-state index < -0.39 is 0 Å². The molecule has 1 aromatic carbocycles. The van der Waals surface area contributed by atoms with Gasteiger partial charge in [-0.25, -0.2) is 9.97 Å². The Morgan fingerprint density at radius 2 is 1.94 bits per heavy atom. The van der Waals surface area contributed by atoms with Gasteiger partial charge >= 0.3 is 0 Å². The molecule has 2 aromatic rings. The van der Waals surface area contributed by atoms with E-state index in [1.165, 1.54) is 5.56 Å². The Hall–Kier alpha value is -1.64. The number of nitrogens with zero attached hydrogens (tertiary/aromatic N) is 2. The normalized spacial score (nSPS) is 11.8. The summed E-state index contributed by atoms with van der Waals surface area (Å²) in [7, 11) is 0. The molecule has 0 atom stereocenters. The summed E-state index contributed by atoms with van der Waals surface area (Å²) in [5.41, 5.74) is 2.32. The molecule has 0 aliphatic carbocycles. The van der Waals surface area contributed by atoms with Crippen LogP contribution in [0.1, 0.15) is 39.7 Å². The second-order valence-corrected chi connectivity index (χ2v) is 5.51. The SMILES string of the molecule is CCCOc1ncnc2ccc(C(C)(C)C)cc12. The van der Waals surface area contributed by atoms with E-state index in [0.29, 0.717) is 12.5 Å². The third-order valence-corrected chi connectivity index (χ3v) is 2.91. The molecule has 0 fully saturated rings. The summed E-state index contributed by atoms with van der Waals surface area (Å²) in [4.78, 5) is 8.52. The molecule has 0 amide bonds. The molecule has 0 aliphatic heterocycles. The Balaban J connectivity index is 2.51. The second kappa shape index (κ2) is 4.92. The van der Waals surface area contributed by atoms with Crippen LogP contribution < -0.4 is 4.74 Å². The summed E-state index contributed by atoms with van der Waals surface area (Å²) in [5, 5.41) is 0.998. The lowest BCUT2D eigenvalue weighted by molar-refractivity contribution is 0.309. The molecule has 1 heterocycles. The molecule has 0 N–H and O–H groups in total. The van der Waals surface area contributed by atoms with Gasteiger partial charge in [0.2, 0.25) is 5.88 Å². The number of ether oxygens (including phenoxy) is 1. The van der Waals surface area contributed by atoms with Crippen molar-refractivity contribution in [2.45, 2.75) is 39.5 Å². The lowest BCUT2D eigenvalue weighted by Gasteiger charge is -2.19. The number of rotatable bonds is 3. The van der Waals surface area contributed by atoms with E-state index in [-0.39, 0.29) is 5.41 Å². The van der Waals surface area contributed by atoms with Gasteiger partial charge in [0.15, 0.2) is 0 Å². The first-order valence-corrected chi connectivity index (χ1v) is 6.40. The van der Waals surface area contributed by atoms with Gasteiger partial charge in [-0.3, -0.25) is 0 Å².